The maximum Gasteiger partial charge on any atom is 0.274 e. The Kier molecular flexibility index (Phi) is 5.19. The molecular weight excluding hydrogens is 437 g/mol. The highest BCUT2D eigenvalue weighted by Gasteiger charge is 2.20. The van der Waals surface area contributed by atoms with Gasteiger partial charge in [0.25, 0.3) is 16.0 Å². The van der Waals surface area contributed by atoms with Crippen molar-refractivity contribution in [2.24, 2.45) is 5.14 Å². The van der Waals surface area contributed by atoms with Crippen LogP contribution >= 0.6 is 22.7 Å². The fourth-order valence-corrected chi connectivity index (χ4v) is 4.67. The number of nitrogens with two attached hydrogens (primary N) is 1. The highest BCUT2D eigenvalue weighted by Crippen LogP contribution is 2.29. The quantitative estimate of drug-likeness (QED) is 0.435. The molecule has 0 radical (unpaired) electrons. The van der Waals surface area contributed by atoms with Gasteiger partial charge in [-0.3, -0.25) is 4.79 Å². The standard InChI is InChI=1S/C17H12FN5O3S3/c18-11-4-1-9(2-5-11)10-3-6-12-13(7-10)27-16(21-12)15(24)17-23-22-14(28-17)8-20-29(19,25)26/h1-7,20H,8H2,(H2,19,25,26). The van der Waals surface area contributed by atoms with Crippen LogP contribution in [-0.4, -0.2) is 29.4 Å². The molecule has 0 bridgehead atoms. The molecule has 2 heterocycles. The first-order valence-electron chi connectivity index (χ1n) is 8.09. The lowest BCUT2D eigenvalue weighted by molar-refractivity contribution is 0.103. The number of carbonyl (C=O) groups excluding carboxylic acids is 1. The third-order valence-electron chi connectivity index (χ3n) is 3.85. The van der Waals surface area contributed by atoms with E-state index in [0.717, 1.165) is 27.2 Å². The van der Waals surface area contributed by atoms with Crippen molar-refractivity contribution in [1.82, 2.24) is 19.9 Å². The summed E-state index contributed by atoms with van der Waals surface area (Å²) in [6.45, 7) is -0.148. The number of rotatable bonds is 6. The number of benzene rings is 2. The van der Waals surface area contributed by atoms with Gasteiger partial charge < -0.3 is 0 Å². The summed E-state index contributed by atoms with van der Waals surface area (Å²) in [4.78, 5) is 17.0. The van der Waals surface area contributed by atoms with Gasteiger partial charge in [0.05, 0.1) is 16.8 Å². The van der Waals surface area contributed by atoms with Crippen LogP contribution in [0.15, 0.2) is 42.5 Å². The Morgan fingerprint density at radius 2 is 1.76 bits per heavy atom. The number of halogens is 1. The van der Waals surface area contributed by atoms with Gasteiger partial charge in [-0.25, -0.2) is 14.5 Å². The Bertz CT molecular complexity index is 1320. The van der Waals surface area contributed by atoms with Gasteiger partial charge in [0.1, 0.15) is 10.8 Å². The zero-order chi connectivity index (χ0) is 20.6. The lowest BCUT2D eigenvalue weighted by atomic mass is 10.1. The first-order chi connectivity index (χ1) is 13.8. The zero-order valence-electron chi connectivity index (χ0n) is 14.5. The van der Waals surface area contributed by atoms with E-state index in [0.29, 0.717) is 10.5 Å². The van der Waals surface area contributed by atoms with E-state index in [1.807, 2.05) is 12.1 Å². The topological polar surface area (TPSA) is 128 Å². The van der Waals surface area contributed by atoms with Crippen molar-refractivity contribution < 1.29 is 17.6 Å². The third kappa shape index (κ3) is 4.52. The molecule has 0 aliphatic rings. The van der Waals surface area contributed by atoms with Gasteiger partial charge in [0.15, 0.2) is 10.0 Å². The van der Waals surface area contributed by atoms with E-state index in [2.05, 4.69) is 19.9 Å². The predicted molar refractivity (Wildman–Crippen MR) is 108 cm³/mol. The summed E-state index contributed by atoms with van der Waals surface area (Å²) in [7, 11) is -3.86. The van der Waals surface area contributed by atoms with Crippen molar-refractivity contribution >= 4 is 48.9 Å². The maximum atomic E-state index is 13.1. The number of nitrogens with one attached hydrogen (secondary N) is 1. The van der Waals surface area contributed by atoms with Gasteiger partial charge in [0.2, 0.25) is 0 Å². The van der Waals surface area contributed by atoms with E-state index < -0.39 is 16.0 Å². The molecule has 4 rings (SSSR count). The molecule has 0 spiro atoms. The second kappa shape index (κ2) is 7.65. The molecular formula is C17H12FN5O3S3. The number of carbonyl (C=O) groups is 1. The fourth-order valence-electron chi connectivity index (χ4n) is 2.51. The highest BCUT2D eigenvalue weighted by molar-refractivity contribution is 7.87. The van der Waals surface area contributed by atoms with Crippen molar-refractivity contribution in [2.75, 3.05) is 0 Å². The van der Waals surface area contributed by atoms with Crippen LogP contribution in [0.5, 0.6) is 0 Å². The Morgan fingerprint density at radius 1 is 1.03 bits per heavy atom. The summed E-state index contributed by atoms with van der Waals surface area (Å²) in [5, 5.41) is 13.1. The first kappa shape index (κ1) is 19.7. The molecule has 0 aliphatic carbocycles. The summed E-state index contributed by atoms with van der Waals surface area (Å²) in [5.41, 5.74) is 2.39. The second-order valence-corrected chi connectivity index (χ2v) is 9.38. The van der Waals surface area contributed by atoms with E-state index in [-0.39, 0.29) is 22.4 Å². The molecule has 0 unspecified atom stereocenters. The van der Waals surface area contributed by atoms with E-state index in [1.165, 1.54) is 23.5 Å². The van der Waals surface area contributed by atoms with Crippen LogP contribution in [0, 0.1) is 5.82 Å². The molecule has 29 heavy (non-hydrogen) atoms. The Balaban J connectivity index is 1.58. The van der Waals surface area contributed by atoms with Gasteiger partial charge in [-0.2, -0.15) is 13.1 Å². The van der Waals surface area contributed by atoms with Crippen molar-refractivity contribution in [3.05, 3.63) is 63.3 Å². The van der Waals surface area contributed by atoms with Crippen LogP contribution in [-0.2, 0) is 16.8 Å². The Labute approximate surface area is 172 Å². The van der Waals surface area contributed by atoms with Crippen LogP contribution in [0.2, 0.25) is 0 Å². The van der Waals surface area contributed by atoms with Crippen molar-refractivity contribution in [3.8, 4) is 11.1 Å². The van der Waals surface area contributed by atoms with E-state index >= 15 is 0 Å². The van der Waals surface area contributed by atoms with Gasteiger partial charge in [-0.1, -0.05) is 29.5 Å². The van der Waals surface area contributed by atoms with Crippen molar-refractivity contribution in [3.63, 3.8) is 0 Å². The number of aromatic nitrogens is 3. The number of ketones is 1. The molecule has 0 atom stereocenters. The third-order valence-corrected chi connectivity index (χ3v) is 6.33. The summed E-state index contributed by atoms with van der Waals surface area (Å²) < 4.78 is 37.9. The van der Waals surface area contributed by atoms with Gasteiger partial charge in [0, 0.05) is 0 Å². The minimum Gasteiger partial charge on any atom is -0.283 e. The minimum atomic E-state index is -3.86. The molecule has 0 saturated carbocycles. The molecule has 0 amide bonds. The smallest absolute Gasteiger partial charge is 0.274 e. The number of hydrogen-bond acceptors (Lipinski definition) is 8. The molecule has 12 heteroatoms. The Hall–Kier alpha value is -2.64. The average Bonchev–Trinajstić information content (AvgIpc) is 3.32. The Morgan fingerprint density at radius 3 is 2.48 bits per heavy atom. The molecule has 148 valence electrons. The lowest BCUT2D eigenvalue weighted by Gasteiger charge is -2.01. The van der Waals surface area contributed by atoms with Crippen LogP contribution in [0.4, 0.5) is 4.39 Å². The molecule has 4 aromatic rings. The molecule has 2 aromatic heterocycles. The highest BCUT2D eigenvalue weighted by atomic mass is 32.2. The summed E-state index contributed by atoms with van der Waals surface area (Å²) in [6, 6.07) is 11.7. The number of thiazole rings is 1. The van der Waals surface area contributed by atoms with Crippen LogP contribution in [0.3, 0.4) is 0 Å². The average molecular weight is 450 g/mol. The molecule has 0 saturated heterocycles. The van der Waals surface area contributed by atoms with E-state index in [4.69, 9.17) is 5.14 Å². The first-order valence-corrected chi connectivity index (χ1v) is 11.3. The molecule has 0 fully saturated rings. The van der Waals surface area contributed by atoms with Crippen LogP contribution < -0.4 is 9.86 Å². The largest absolute Gasteiger partial charge is 0.283 e. The SMILES string of the molecule is NS(=O)(=O)NCc1nnc(C(=O)c2nc3ccc(-c4ccc(F)cc4)cc3s2)s1. The zero-order valence-corrected chi connectivity index (χ0v) is 16.9. The number of nitrogens with zero attached hydrogens (tertiary/aromatic N) is 3. The monoisotopic (exact) mass is 449 g/mol. The van der Waals surface area contributed by atoms with Gasteiger partial charge >= 0.3 is 0 Å². The maximum absolute atomic E-state index is 13.1. The van der Waals surface area contributed by atoms with Gasteiger partial charge in [-0.15, -0.1) is 21.5 Å². The normalized spacial score (nSPS) is 11.8. The molecule has 2 aromatic carbocycles. The van der Waals surface area contributed by atoms with Gasteiger partial charge in [-0.05, 0) is 35.4 Å². The lowest BCUT2D eigenvalue weighted by Crippen LogP contribution is -2.30. The fraction of sp³-hybridized carbons (Fsp3) is 0.0588. The second-order valence-electron chi connectivity index (χ2n) is 5.90. The van der Waals surface area contributed by atoms with Crippen LogP contribution in [0.25, 0.3) is 21.3 Å². The van der Waals surface area contributed by atoms with Crippen molar-refractivity contribution in [2.45, 2.75) is 6.54 Å². The summed E-state index contributed by atoms with van der Waals surface area (Å²) >= 11 is 2.18. The minimum absolute atomic E-state index is 0.106. The summed E-state index contributed by atoms with van der Waals surface area (Å²) in [5.74, 6) is -0.704. The molecule has 0 aliphatic heterocycles. The molecule has 8 nitrogen and oxygen atoms in total. The van der Waals surface area contributed by atoms with E-state index in [1.54, 1.807) is 18.2 Å². The van der Waals surface area contributed by atoms with Crippen LogP contribution in [0.1, 0.15) is 19.8 Å². The summed E-state index contributed by atoms with van der Waals surface area (Å²) in [6.07, 6.45) is 0. The van der Waals surface area contributed by atoms with E-state index in [9.17, 15) is 17.6 Å². The number of hydrogen-bond donors (Lipinski definition) is 2. The molecule has 3 N–H and O–H groups in total. The number of fused-ring (bicyclic) bond motifs is 1. The van der Waals surface area contributed by atoms with Crippen molar-refractivity contribution in [1.29, 1.82) is 0 Å². The predicted octanol–water partition coefficient (Wildman–Crippen LogP) is 2.48.